The highest BCUT2D eigenvalue weighted by Crippen LogP contribution is 2.27. The van der Waals surface area contributed by atoms with Crippen LogP contribution < -0.4 is 5.32 Å². The molecule has 1 fully saturated rings. The lowest BCUT2D eigenvalue weighted by molar-refractivity contribution is -0.130. The number of hydrogen-bond acceptors (Lipinski definition) is 4. The zero-order chi connectivity index (χ0) is 17.9. The zero-order valence-corrected chi connectivity index (χ0v) is 15.7. The monoisotopic (exact) mass is 355 g/mol. The predicted octanol–water partition coefficient (Wildman–Crippen LogP) is 3.10. The van der Waals surface area contributed by atoms with E-state index in [0.717, 1.165) is 81.9 Å². The molecule has 0 atom stereocenters. The molecule has 140 valence electrons. The Labute approximate surface area is 155 Å². The Morgan fingerprint density at radius 1 is 1.23 bits per heavy atom. The summed E-state index contributed by atoms with van der Waals surface area (Å²) in [6, 6.07) is 4.51. The first-order chi connectivity index (χ1) is 12.7. The summed E-state index contributed by atoms with van der Waals surface area (Å²) >= 11 is 0. The third-order valence-electron chi connectivity index (χ3n) is 6.09. The summed E-state index contributed by atoms with van der Waals surface area (Å²) in [5.74, 6) is 0.956. The van der Waals surface area contributed by atoms with Crippen molar-refractivity contribution in [2.45, 2.75) is 51.9 Å². The summed E-state index contributed by atoms with van der Waals surface area (Å²) in [6.45, 7) is 5.62. The van der Waals surface area contributed by atoms with E-state index in [4.69, 9.17) is 4.52 Å². The lowest BCUT2D eigenvalue weighted by Crippen LogP contribution is -2.36. The maximum Gasteiger partial charge on any atom is 0.219 e. The van der Waals surface area contributed by atoms with Gasteiger partial charge >= 0.3 is 0 Å². The number of benzene rings is 1. The van der Waals surface area contributed by atoms with Gasteiger partial charge in [-0.05, 0) is 87.2 Å². The Balaban J connectivity index is 1.36. The van der Waals surface area contributed by atoms with Crippen LogP contribution in [-0.4, -0.2) is 42.1 Å². The zero-order valence-electron chi connectivity index (χ0n) is 15.7. The van der Waals surface area contributed by atoms with Crippen LogP contribution in [0, 0.1) is 5.92 Å². The minimum Gasteiger partial charge on any atom is -0.356 e. The second kappa shape index (κ2) is 7.78. The van der Waals surface area contributed by atoms with Gasteiger partial charge in [-0.2, -0.15) is 0 Å². The fraction of sp³-hybridized carbons (Fsp3) is 0.619. The van der Waals surface area contributed by atoms with Crippen molar-refractivity contribution >= 4 is 16.9 Å². The average molecular weight is 355 g/mol. The third-order valence-corrected chi connectivity index (χ3v) is 6.09. The molecule has 4 rings (SSSR count). The lowest BCUT2D eigenvalue weighted by atomic mass is 9.91. The number of nitrogens with one attached hydrogen (secondary N) is 1. The van der Waals surface area contributed by atoms with Gasteiger partial charge in [-0.3, -0.25) is 4.79 Å². The van der Waals surface area contributed by atoms with Gasteiger partial charge in [0.15, 0.2) is 5.58 Å². The standard InChI is InChI=1S/C21H29N3O2/c1-15(25)24-11-7-16(8-12-24)3-2-4-20-19-13-17-5-9-22-10-6-18(17)14-21(19)26-23-20/h13-14,16,22H,2-12H2,1H3. The number of hydrogen-bond donors (Lipinski definition) is 1. The first-order valence-electron chi connectivity index (χ1n) is 10.1. The van der Waals surface area contributed by atoms with Gasteiger partial charge in [0.1, 0.15) is 0 Å². The number of aryl methyl sites for hydroxylation is 1. The minimum absolute atomic E-state index is 0.215. The van der Waals surface area contributed by atoms with Gasteiger partial charge in [0.25, 0.3) is 0 Å². The average Bonchev–Trinajstić information content (AvgIpc) is 2.88. The highest BCUT2D eigenvalue weighted by molar-refractivity contribution is 5.81. The molecule has 3 heterocycles. The summed E-state index contributed by atoms with van der Waals surface area (Å²) in [7, 11) is 0. The Morgan fingerprint density at radius 3 is 2.69 bits per heavy atom. The maximum atomic E-state index is 11.4. The van der Waals surface area contributed by atoms with Crippen LogP contribution in [0.3, 0.4) is 0 Å². The van der Waals surface area contributed by atoms with Crippen LogP contribution >= 0.6 is 0 Å². The maximum absolute atomic E-state index is 11.4. The number of amides is 1. The lowest BCUT2D eigenvalue weighted by Gasteiger charge is -2.31. The van der Waals surface area contributed by atoms with Crippen LogP contribution in [0.1, 0.15) is 49.4 Å². The topological polar surface area (TPSA) is 58.4 Å². The molecule has 2 aliphatic rings. The molecule has 0 saturated carbocycles. The fourth-order valence-electron chi connectivity index (χ4n) is 4.43. The smallest absolute Gasteiger partial charge is 0.219 e. The van der Waals surface area contributed by atoms with E-state index in [9.17, 15) is 4.79 Å². The molecule has 0 aliphatic carbocycles. The summed E-state index contributed by atoms with van der Waals surface area (Å²) in [5.41, 5.74) is 4.91. The SMILES string of the molecule is CC(=O)N1CCC(CCCc2noc3cc4c(cc23)CCNCC4)CC1. The molecule has 5 nitrogen and oxygen atoms in total. The van der Waals surface area contributed by atoms with E-state index in [2.05, 4.69) is 22.6 Å². The van der Waals surface area contributed by atoms with E-state index in [-0.39, 0.29) is 5.91 Å². The van der Waals surface area contributed by atoms with Crippen LogP contribution in [-0.2, 0) is 24.1 Å². The summed E-state index contributed by atoms with van der Waals surface area (Å²) in [5, 5.41) is 9.04. The molecule has 1 aromatic carbocycles. The second-order valence-corrected chi connectivity index (χ2v) is 7.84. The van der Waals surface area contributed by atoms with Crippen molar-refractivity contribution in [3.63, 3.8) is 0 Å². The minimum atomic E-state index is 0.215. The number of fused-ring (bicyclic) bond motifs is 2. The summed E-state index contributed by atoms with van der Waals surface area (Å²) in [6.07, 6.45) is 7.78. The molecule has 1 saturated heterocycles. The third kappa shape index (κ3) is 3.78. The molecule has 1 N–H and O–H groups in total. The van der Waals surface area contributed by atoms with Crippen LogP contribution in [0.2, 0.25) is 0 Å². The van der Waals surface area contributed by atoms with Crippen molar-refractivity contribution < 1.29 is 9.32 Å². The number of rotatable bonds is 4. The van der Waals surface area contributed by atoms with E-state index in [1.807, 2.05) is 4.90 Å². The quantitative estimate of drug-likeness (QED) is 0.916. The molecule has 1 amide bonds. The van der Waals surface area contributed by atoms with Crippen molar-refractivity contribution in [1.82, 2.24) is 15.4 Å². The second-order valence-electron chi connectivity index (χ2n) is 7.84. The molecule has 0 radical (unpaired) electrons. The van der Waals surface area contributed by atoms with Crippen molar-refractivity contribution in [3.8, 4) is 0 Å². The molecular formula is C21H29N3O2. The Kier molecular flexibility index (Phi) is 5.25. The number of likely N-dealkylation sites (tertiary alicyclic amines) is 1. The van der Waals surface area contributed by atoms with Crippen molar-refractivity contribution in [2.24, 2.45) is 5.92 Å². The molecular weight excluding hydrogens is 326 g/mol. The van der Waals surface area contributed by atoms with Crippen molar-refractivity contribution in [1.29, 1.82) is 0 Å². The first-order valence-corrected chi connectivity index (χ1v) is 10.1. The first kappa shape index (κ1) is 17.5. The van der Waals surface area contributed by atoms with Crippen LogP contribution in [0.15, 0.2) is 16.7 Å². The highest BCUT2D eigenvalue weighted by Gasteiger charge is 2.21. The van der Waals surface area contributed by atoms with E-state index in [1.54, 1.807) is 6.92 Å². The van der Waals surface area contributed by atoms with Gasteiger partial charge in [0.2, 0.25) is 5.91 Å². The molecule has 5 heteroatoms. The summed E-state index contributed by atoms with van der Waals surface area (Å²) < 4.78 is 5.62. The van der Waals surface area contributed by atoms with Gasteiger partial charge in [0, 0.05) is 25.4 Å². The molecule has 2 aliphatic heterocycles. The van der Waals surface area contributed by atoms with Crippen molar-refractivity contribution in [3.05, 3.63) is 29.0 Å². The number of carbonyl (C=O) groups is 1. The van der Waals surface area contributed by atoms with E-state index in [0.29, 0.717) is 0 Å². The van der Waals surface area contributed by atoms with Crippen LogP contribution in [0.25, 0.3) is 11.0 Å². The van der Waals surface area contributed by atoms with E-state index in [1.165, 1.54) is 22.9 Å². The molecule has 1 aromatic heterocycles. The Morgan fingerprint density at radius 2 is 1.96 bits per heavy atom. The van der Waals surface area contributed by atoms with Gasteiger partial charge in [0.05, 0.1) is 5.69 Å². The Bertz CT molecular complexity index is 775. The Hall–Kier alpha value is -1.88. The summed E-state index contributed by atoms with van der Waals surface area (Å²) in [4.78, 5) is 13.4. The molecule has 2 aromatic rings. The van der Waals surface area contributed by atoms with E-state index >= 15 is 0 Å². The van der Waals surface area contributed by atoms with Crippen LogP contribution in [0.4, 0.5) is 0 Å². The number of carbonyl (C=O) groups excluding carboxylic acids is 1. The number of aromatic nitrogens is 1. The van der Waals surface area contributed by atoms with Crippen LogP contribution in [0.5, 0.6) is 0 Å². The van der Waals surface area contributed by atoms with Gasteiger partial charge in [-0.25, -0.2) is 0 Å². The predicted molar refractivity (Wildman–Crippen MR) is 102 cm³/mol. The van der Waals surface area contributed by atoms with E-state index < -0.39 is 0 Å². The molecule has 0 unspecified atom stereocenters. The van der Waals surface area contributed by atoms with Gasteiger partial charge in [-0.1, -0.05) is 5.16 Å². The number of piperidine rings is 1. The molecule has 0 spiro atoms. The fourth-order valence-corrected chi connectivity index (χ4v) is 4.43. The highest BCUT2D eigenvalue weighted by atomic mass is 16.5. The largest absolute Gasteiger partial charge is 0.356 e. The molecule has 0 bridgehead atoms. The normalized spacial score (nSPS) is 18.7. The van der Waals surface area contributed by atoms with Crippen molar-refractivity contribution in [2.75, 3.05) is 26.2 Å². The van der Waals surface area contributed by atoms with Gasteiger partial charge < -0.3 is 14.7 Å². The van der Waals surface area contributed by atoms with Gasteiger partial charge in [-0.15, -0.1) is 0 Å². The number of nitrogens with zero attached hydrogens (tertiary/aromatic N) is 2. The molecule has 26 heavy (non-hydrogen) atoms.